The van der Waals surface area contributed by atoms with Crippen molar-refractivity contribution in [1.82, 2.24) is 14.5 Å². The molecule has 2 heterocycles. The Morgan fingerprint density at radius 1 is 1.30 bits per heavy atom. The molecule has 0 spiro atoms. The highest BCUT2D eigenvalue weighted by atomic mass is 16.3. The molecule has 1 aliphatic heterocycles. The summed E-state index contributed by atoms with van der Waals surface area (Å²) in [7, 11) is 0. The van der Waals surface area contributed by atoms with Gasteiger partial charge in [-0.2, -0.15) is 0 Å². The van der Waals surface area contributed by atoms with Crippen LogP contribution in [0.4, 0.5) is 0 Å². The summed E-state index contributed by atoms with van der Waals surface area (Å²) in [6, 6.07) is 4.65. The zero-order valence-corrected chi connectivity index (χ0v) is 10.9. The third kappa shape index (κ3) is 2.13. The minimum absolute atomic E-state index is 0.0537. The van der Waals surface area contributed by atoms with Crippen molar-refractivity contribution in [3.8, 4) is 5.75 Å². The van der Waals surface area contributed by atoms with E-state index in [9.17, 15) is 14.7 Å². The Kier molecular flexibility index (Phi) is 3.14. The number of aromatic nitrogens is 2. The molecular formula is C14H15N3O3. The van der Waals surface area contributed by atoms with E-state index in [4.69, 9.17) is 0 Å². The predicted molar refractivity (Wildman–Crippen MR) is 73.6 cm³/mol. The maximum absolute atomic E-state index is 12.5. The maximum atomic E-state index is 12.5. The van der Waals surface area contributed by atoms with Gasteiger partial charge in [0.05, 0.1) is 17.2 Å². The van der Waals surface area contributed by atoms with Crippen molar-refractivity contribution in [2.45, 2.75) is 18.9 Å². The Morgan fingerprint density at radius 2 is 2.05 bits per heavy atom. The molecule has 1 amide bonds. The zero-order valence-electron chi connectivity index (χ0n) is 10.9. The summed E-state index contributed by atoms with van der Waals surface area (Å²) in [6.07, 6.45) is 3.88. The first-order valence-corrected chi connectivity index (χ1v) is 6.58. The number of carbonyl (C=O) groups excluding carboxylic acids is 1. The third-order valence-corrected chi connectivity index (χ3v) is 3.81. The van der Waals surface area contributed by atoms with Gasteiger partial charge in [-0.3, -0.25) is 14.2 Å². The van der Waals surface area contributed by atoms with Gasteiger partial charge < -0.3 is 10.0 Å². The minimum atomic E-state index is -0.143. The fourth-order valence-electron chi connectivity index (χ4n) is 2.65. The van der Waals surface area contributed by atoms with Crippen LogP contribution in [0, 0.1) is 0 Å². The van der Waals surface area contributed by atoms with Crippen molar-refractivity contribution < 1.29 is 9.90 Å². The van der Waals surface area contributed by atoms with Crippen LogP contribution in [-0.2, 0) is 4.79 Å². The molecule has 1 aliphatic rings. The first kappa shape index (κ1) is 12.7. The molecule has 0 aliphatic carbocycles. The van der Waals surface area contributed by atoms with Crippen molar-refractivity contribution >= 4 is 17.3 Å². The van der Waals surface area contributed by atoms with Crippen LogP contribution in [0.1, 0.15) is 18.9 Å². The number of nitrogens with zero attached hydrogens (tertiary/aromatic N) is 3. The van der Waals surface area contributed by atoms with E-state index in [-0.39, 0.29) is 17.4 Å². The third-order valence-electron chi connectivity index (χ3n) is 3.81. The van der Waals surface area contributed by atoms with Gasteiger partial charge in [0.2, 0.25) is 6.41 Å². The number of fused-ring (bicyclic) bond motifs is 1. The Labute approximate surface area is 115 Å². The SMILES string of the molecule is O=CN1CCC(n2cnc3ccc(O)cc3c2=O)CC1. The molecule has 0 saturated carbocycles. The van der Waals surface area contributed by atoms with Gasteiger partial charge in [-0.05, 0) is 31.0 Å². The lowest BCUT2D eigenvalue weighted by molar-refractivity contribution is -0.119. The van der Waals surface area contributed by atoms with E-state index in [0.717, 1.165) is 19.3 Å². The largest absolute Gasteiger partial charge is 0.508 e. The number of piperidine rings is 1. The van der Waals surface area contributed by atoms with E-state index >= 15 is 0 Å². The summed E-state index contributed by atoms with van der Waals surface area (Å²) in [5, 5.41) is 9.92. The second-order valence-electron chi connectivity index (χ2n) is 5.03. The number of likely N-dealkylation sites (tertiary alicyclic amines) is 1. The first-order chi connectivity index (χ1) is 9.69. The predicted octanol–water partition coefficient (Wildman–Crippen LogP) is 0.895. The van der Waals surface area contributed by atoms with Gasteiger partial charge in [-0.25, -0.2) is 4.98 Å². The molecule has 20 heavy (non-hydrogen) atoms. The average molecular weight is 273 g/mol. The van der Waals surface area contributed by atoms with Gasteiger partial charge >= 0.3 is 0 Å². The van der Waals surface area contributed by atoms with Gasteiger partial charge in [0.1, 0.15) is 5.75 Å². The maximum Gasteiger partial charge on any atom is 0.261 e. The molecule has 1 aromatic carbocycles. The highest BCUT2D eigenvalue weighted by Crippen LogP contribution is 2.21. The van der Waals surface area contributed by atoms with Crippen molar-refractivity contribution in [2.24, 2.45) is 0 Å². The highest BCUT2D eigenvalue weighted by molar-refractivity contribution is 5.78. The molecule has 0 atom stereocenters. The van der Waals surface area contributed by atoms with Crippen LogP contribution in [-0.4, -0.2) is 39.1 Å². The average Bonchev–Trinajstić information content (AvgIpc) is 2.48. The van der Waals surface area contributed by atoms with Crippen LogP contribution < -0.4 is 5.56 Å². The van der Waals surface area contributed by atoms with E-state index in [1.807, 2.05) is 0 Å². The van der Waals surface area contributed by atoms with Crippen LogP contribution in [0.5, 0.6) is 5.75 Å². The van der Waals surface area contributed by atoms with Gasteiger partial charge in [0.15, 0.2) is 0 Å². The number of benzene rings is 1. The van der Waals surface area contributed by atoms with Crippen LogP contribution in [0.15, 0.2) is 29.3 Å². The van der Waals surface area contributed by atoms with Crippen molar-refractivity contribution in [3.05, 3.63) is 34.9 Å². The molecule has 0 bridgehead atoms. The monoisotopic (exact) mass is 273 g/mol. The normalized spacial score (nSPS) is 16.5. The van der Waals surface area contributed by atoms with Gasteiger partial charge in [-0.15, -0.1) is 0 Å². The molecule has 1 aromatic heterocycles. The molecule has 0 unspecified atom stereocenters. The number of hydrogen-bond acceptors (Lipinski definition) is 4. The quantitative estimate of drug-likeness (QED) is 0.825. The number of phenols is 1. The molecule has 6 nitrogen and oxygen atoms in total. The lowest BCUT2D eigenvalue weighted by Gasteiger charge is -2.30. The Morgan fingerprint density at radius 3 is 2.75 bits per heavy atom. The topological polar surface area (TPSA) is 75.4 Å². The molecule has 1 fully saturated rings. The molecular weight excluding hydrogens is 258 g/mol. The second kappa shape index (κ2) is 4.96. The summed E-state index contributed by atoms with van der Waals surface area (Å²) in [5.41, 5.74) is 0.435. The van der Waals surface area contributed by atoms with Crippen molar-refractivity contribution in [1.29, 1.82) is 0 Å². The van der Waals surface area contributed by atoms with Gasteiger partial charge in [0.25, 0.3) is 5.56 Å². The fourth-order valence-corrected chi connectivity index (χ4v) is 2.65. The lowest BCUT2D eigenvalue weighted by Crippen LogP contribution is -2.36. The van der Waals surface area contributed by atoms with Crippen LogP contribution in [0.3, 0.4) is 0 Å². The first-order valence-electron chi connectivity index (χ1n) is 6.58. The highest BCUT2D eigenvalue weighted by Gasteiger charge is 2.21. The van der Waals surface area contributed by atoms with E-state index in [1.54, 1.807) is 21.9 Å². The number of phenolic OH excluding ortho intramolecular Hbond substituents is 1. The smallest absolute Gasteiger partial charge is 0.261 e. The zero-order chi connectivity index (χ0) is 14.1. The number of aromatic hydroxyl groups is 1. The molecule has 3 rings (SSSR count). The Hall–Kier alpha value is -2.37. The molecule has 1 saturated heterocycles. The minimum Gasteiger partial charge on any atom is -0.508 e. The Balaban J connectivity index is 1.98. The van der Waals surface area contributed by atoms with E-state index in [1.165, 1.54) is 12.1 Å². The second-order valence-corrected chi connectivity index (χ2v) is 5.03. The summed E-state index contributed by atoms with van der Waals surface area (Å²) in [4.78, 5) is 29.1. The number of carbonyl (C=O) groups is 1. The molecule has 6 heteroatoms. The summed E-state index contributed by atoms with van der Waals surface area (Å²) < 4.78 is 1.61. The van der Waals surface area contributed by atoms with Gasteiger partial charge in [-0.1, -0.05) is 0 Å². The van der Waals surface area contributed by atoms with E-state index in [0.29, 0.717) is 24.0 Å². The fraction of sp³-hybridized carbons (Fsp3) is 0.357. The van der Waals surface area contributed by atoms with E-state index in [2.05, 4.69) is 4.98 Å². The summed E-state index contributed by atoms with van der Waals surface area (Å²) >= 11 is 0. The van der Waals surface area contributed by atoms with Gasteiger partial charge in [0, 0.05) is 19.1 Å². The molecule has 2 aromatic rings. The van der Waals surface area contributed by atoms with E-state index < -0.39 is 0 Å². The van der Waals surface area contributed by atoms with Crippen LogP contribution in [0.25, 0.3) is 10.9 Å². The lowest BCUT2D eigenvalue weighted by atomic mass is 10.1. The summed E-state index contributed by atoms with van der Waals surface area (Å²) in [6.45, 7) is 1.30. The number of rotatable bonds is 2. The molecule has 0 radical (unpaired) electrons. The molecule has 1 N–H and O–H groups in total. The van der Waals surface area contributed by atoms with Crippen LogP contribution >= 0.6 is 0 Å². The molecule has 104 valence electrons. The van der Waals surface area contributed by atoms with Crippen LogP contribution in [0.2, 0.25) is 0 Å². The van der Waals surface area contributed by atoms with Crippen molar-refractivity contribution in [2.75, 3.05) is 13.1 Å². The summed E-state index contributed by atoms with van der Waals surface area (Å²) in [5.74, 6) is 0.0601. The number of amides is 1. The standard InChI is InChI=1S/C14H15N3O3/c18-9-16-5-3-10(4-6-16)17-8-15-13-2-1-11(19)7-12(13)14(17)20/h1-2,7-10,19H,3-6H2. The van der Waals surface area contributed by atoms with Crippen molar-refractivity contribution in [3.63, 3.8) is 0 Å². The number of hydrogen-bond donors (Lipinski definition) is 1. The Bertz CT molecular complexity index is 702.